The Balaban J connectivity index is 1.61. The molecule has 2 aromatic heterocycles. The van der Waals surface area contributed by atoms with Crippen molar-refractivity contribution >= 4 is 5.91 Å². The van der Waals surface area contributed by atoms with Crippen LogP contribution in [0.2, 0.25) is 0 Å². The first-order chi connectivity index (χ1) is 12.5. The number of aryl methyl sites for hydroxylation is 3. The molecular weight excluding hydrogens is 328 g/mol. The maximum Gasteiger partial charge on any atom is 0.222 e. The van der Waals surface area contributed by atoms with Gasteiger partial charge in [0.25, 0.3) is 0 Å². The number of piperidine rings is 1. The summed E-state index contributed by atoms with van der Waals surface area (Å²) >= 11 is 0. The summed E-state index contributed by atoms with van der Waals surface area (Å²) in [5, 5.41) is 8.51. The van der Waals surface area contributed by atoms with Gasteiger partial charge in [0.2, 0.25) is 5.91 Å². The Morgan fingerprint density at radius 3 is 2.77 bits per heavy atom. The zero-order chi connectivity index (χ0) is 18.7. The van der Waals surface area contributed by atoms with E-state index in [-0.39, 0.29) is 5.91 Å². The predicted molar refractivity (Wildman–Crippen MR) is 100 cm³/mol. The van der Waals surface area contributed by atoms with Gasteiger partial charge in [0.1, 0.15) is 0 Å². The summed E-state index contributed by atoms with van der Waals surface area (Å²) in [5.74, 6) is 0.632. The summed E-state index contributed by atoms with van der Waals surface area (Å²) in [6, 6.07) is 2.30. The van der Waals surface area contributed by atoms with Gasteiger partial charge in [0.05, 0.1) is 6.20 Å². The lowest BCUT2D eigenvalue weighted by molar-refractivity contribution is -0.131. The average Bonchev–Trinajstić information content (AvgIpc) is 3.21. The monoisotopic (exact) mass is 358 g/mol. The highest BCUT2D eigenvalue weighted by Crippen LogP contribution is 2.35. The van der Waals surface area contributed by atoms with E-state index in [0.717, 1.165) is 31.6 Å². The maximum atomic E-state index is 12.6. The third-order valence-corrected chi connectivity index (χ3v) is 5.53. The van der Waals surface area contributed by atoms with Crippen LogP contribution in [0.25, 0.3) is 0 Å². The molecule has 1 amide bonds. The number of nitrogens with zero attached hydrogens (tertiary/aromatic N) is 6. The topological polar surface area (TPSA) is 59.2 Å². The molecule has 142 valence electrons. The highest BCUT2D eigenvalue weighted by molar-refractivity contribution is 5.76. The molecule has 0 saturated carbocycles. The van der Waals surface area contributed by atoms with Gasteiger partial charge < -0.3 is 4.90 Å². The van der Waals surface area contributed by atoms with Crippen LogP contribution in [0.1, 0.15) is 36.6 Å². The predicted octanol–water partition coefficient (Wildman–Crippen LogP) is 1.63. The Hall–Kier alpha value is -2.15. The number of amides is 1. The third kappa shape index (κ3) is 4.15. The fourth-order valence-electron chi connectivity index (χ4n) is 4.10. The molecular formula is C19H30N6O. The number of likely N-dealkylation sites (tertiary alicyclic amines) is 1. The van der Waals surface area contributed by atoms with Gasteiger partial charge in [-0.15, -0.1) is 0 Å². The van der Waals surface area contributed by atoms with Crippen LogP contribution in [0.3, 0.4) is 0 Å². The van der Waals surface area contributed by atoms with Gasteiger partial charge in [-0.1, -0.05) is 0 Å². The second-order valence-electron chi connectivity index (χ2n) is 7.50. The van der Waals surface area contributed by atoms with E-state index in [4.69, 9.17) is 0 Å². The Kier molecular flexibility index (Phi) is 5.76. The van der Waals surface area contributed by atoms with Crippen molar-refractivity contribution in [3.8, 4) is 0 Å². The van der Waals surface area contributed by atoms with Crippen LogP contribution in [0.15, 0.2) is 24.7 Å². The first kappa shape index (κ1) is 18.6. The standard InChI is InChI=1S/C19H30N6O/c1-22-11-5-6-15(19(22)16-12-21-24(3)14-16)13-23(2)18(26)8-7-17-9-10-20-25(17)4/h9-10,12,14-15,19H,5-8,11,13H2,1-4H3/t15-,19+/m0/s1. The first-order valence-corrected chi connectivity index (χ1v) is 9.35. The normalized spacial score (nSPS) is 21.1. The highest BCUT2D eigenvalue weighted by Gasteiger charge is 2.32. The van der Waals surface area contributed by atoms with Gasteiger partial charge in [-0.25, -0.2) is 0 Å². The number of rotatable bonds is 6. The van der Waals surface area contributed by atoms with Crippen LogP contribution in [0.4, 0.5) is 0 Å². The molecule has 0 aromatic carbocycles. The van der Waals surface area contributed by atoms with Crippen molar-refractivity contribution in [2.45, 2.75) is 31.7 Å². The Morgan fingerprint density at radius 2 is 2.12 bits per heavy atom. The number of aromatic nitrogens is 4. The molecule has 0 N–H and O–H groups in total. The minimum Gasteiger partial charge on any atom is -0.345 e. The van der Waals surface area contributed by atoms with Crippen LogP contribution >= 0.6 is 0 Å². The first-order valence-electron chi connectivity index (χ1n) is 9.35. The smallest absolute Gasteiger partial charge is 0.222 e. The van der Waals surface area contributed by atoms with Crippen molar-refractivity contribution in [2.24, 2.45) is 20.0 Å². The van der Waals surface area contributed by atoms with Gasteiger partial charge in [-0.2, -0.15) is 10.2 Å². The molecule has 2 aromatic rings. The van der Waals surface area contributed by atoms with E-state index in [2.05, 4.69) is 28.3 Å². The molecule has 2 atom stereocenters. The summed E-state index contributed by atoms with van der Waals surface area (Å²) in [6.07, 6.45) is 9.41. The van der Waals surface area contributed by atoms with Crippen molar-refractivity contribution in [3.63, 3.8) is 0 Å². The molecule has 7 heteroatoms. The molecule has 1 aliphatic heterocycles. The van der Waals surface area contributed by atoms with E-state index in [0.29, 0.717) is 18.4 Å². The molecule has 0 unspecified atom stereocenters. The molecule has 3 rings (SSSR count). The summed E-state index contributed by atoms with van der Waals surface area (Å²) < 4.78 is 3.69. The highest BCUT2D eigenvalue weighted by atomic mass is 16.2. The van der Waals surface area contributed by atoms with Crippen molar-refractivity contribution in [1.29, 1.82) is 0 Å². The van der Waals surface area contributed by atoms with Gasteiger partial charge in [0, 0.05) is 63.8 Å². The lowest BCUT2D eigenvalue weighted by Crippen LogP contribution is -2.42. The summed E-state index contributed by atoms with van der Waals surface area (Å²) in [6.45, 7) is 1.88. The van der Waals surface area contributed by atoms with Crippen molar-refractivity contribution < 1.29 is 4.79 Å². The molecule has 3 heterocycles. The zero-order valence-corrected chi connectivity index (χ0v) is 16.3. The molecule has 1 aliphatic rings. The largest absolute Gasteiger partial charge is 0.345 e. The SMILES string of the molecule is CN(C[C@@H]1CCCN(C)[C@H]1c1cnn(C)c1)C(=O)CCc1ccnn1C. The fourth-order valence-corrected chi connectivity index (χ4v) is 4.10. The van der Waals surface area contributed by atoms with Crippen LogP contribution < -0.4 is 0 Å². The molecule has 7 nitrogen and oxygen atoms in total. The minimum atomic E-state index is 0.198. The third-order valence-electron chi connectivity index (χ3n) is 5.53. The van der Waals surface area contributed by atoms with E-state index < -0.39 is 0 Å². The lowest BCUT2D eigenvalue weighted by atomic mass is 9.85. The van der Waals surface area contributed by atoms with Crippen LogP contribution in [0.5, 0.6) is 0 Å². The van der Waals surface area contributed by atoms with Gasteiger partial charge >= 0.3 is 0 Å². The number of hydrogen-bond donors (Lipinski definition) is 0. The molecule has 0 bridgehead atoms. The summed E-state index contributed by atoms with van der Waals surface area (Å²) in [7, 11) is 7.98. The number of carbonyl (C=O) groups excluding carboxylic acids is 1. The Labute approximate surface area is 155 Å². The van der Waals surface area contributed by atoms with E-state index in [1.165, 1.54) is 12.0 Å². The fraction of sp³-hybridized carbons (Fsp3) is 0.632. The number of hydrogen-bond acceptors (Lipinski definition) is 4. The minimum absolute atomic E-state index is 0.198. The van der Waals surface area contributed by atoms with Gasteiger partial charge in [-0.3, -0.25) is 19.1 Å². The second kappa shape index (κ2) is 8.03. The number of carbonyl (C=O) groups is 1. The van der Waals surface area contributed by atoms with Gasteiger partial charge in [-0.05, 0) is 44.8 Å². The summed E-state index contributed by atoms with van der Waals surface area (Å²) in [5.41, 5.74) is 2.34. The Bertz CT molecular complexity index is 736. The second-order valence-corrected chi connectivity index (χ2v) is 7.50. The van der Waals surface area contributed by atoms with Crippen LogP contribution in [-0.4, -0.2) is 62.5 Å². The van der Waals surface area contributed by atoms with Crippen LogP contribution in [-0.2, 0) is 25.3 Å². The molecule has 0 spiro atoms. The zero-order valence-electron chi connectivity index (χ0n) is 16.3. The Morgan fingerprint density at radius 1 is 1.31 bits per heavy atom. The molecule has 0 radical (unpaired) electrons. The van der Waals surface area contributed by atoms with E-state index in [1.54, 1.807) is 6.20 Å². The lowest BCUT2D eigenvalue weighted by Gasteiger charge is -2.40. The van der Waals surface area contributed by atoms with E-state index in [1.807, 2.05) is 47.7 Å². The average molecular weight is 358 g/mol. The maximum absolute atomic E-state index is 12.6. The quantitative estimate of drug-likeness (QED) is 0.787. The van der Waals surface area contributed by atoms with Crippen molar-refractivity contribution in [3.05, 3.63) is 35.9 Å². The van der Waals surface area contributed by atoms with E-state index in [9.17, 15) is 4.79 Å². The molecule has 26 heavy (non-hydrogen) atoms. The van der Waals surface area contributed by atoms with Gasteiger partial charge in [0.15, 0.2) is 0 Å². The molecule has 1 fully saturated rings. The van der Waals surface area contributed by atoms with Crippen molar-refractivity contribution in [1.82, 2.24) is 29.4 Å². The molecule has 0 aliphatic carbocycles. The van der Waals surface area contributed by atoms with Crippen molar-refractivity contribution in [2.75, 3.05) is 27.2 Å². The van der Waals surface area contributed by atoms with Crippen LogP contribution in [0, 0.1) is 5.92 Å². The summed E-state index contributed by atoms with van der Waals surface area (Å²) in [4.78, 5) is 16.9. The molecule has 1 saturated heterocycles. The van der Waals surface area contributed by atoms with E-state index >= 15 is 0 Å².